The SMILES string of the molecule is CN(C)Cc1ccc(C(=O)N[C@@H]2C[C@@H]2c2ccc(F)cc2)cc1. The van der Waals surface area contributed by atoms with E-state index in [0.29, 0.717) is 11.5 Å². The average Bonchev–Trinajstić information content (AvgIpc) is 3.27. The molecule has 0 heterocycles. The van der Waals surface area contributed by atoms with Crippen LogP contribution in [0.15, 0.2) is 48.5 Å². The Morgan fingerprint density at radius 2 is 1.78 bits per heavy atom. The minimum absolute atomic E-state index is 0.0454. The lowest BCUT2D eigenvalue weighted by Crippen LogP contribution is -2.26. The number of carbonyl (C=O) groups is 1. The predicted molar refractivity (Wildman–Crippen MR) is 88.8 cm³/mol. The Morgan fingerprint density at radius 3 is 2.39 bits per heavy atom. The zero-order valence-corrected chi connectivity index (χ0v) is 13.4. The van der Waals surface area contributed by atoms with Crippen LogP contribution in [0.4, 0.5) is 4.39 Å². The van der Waals surface area contributed by atoms with Crippen LogP contribution in [0.5, 0.6) is 0 Å². The third-order valence-corrected chi connectivity index (χ3v) is 4.12. The molecule has 0 saturated heterocycles. The quantitative estimate of drug-likeness (QED) is 0.920. The van der Waals surface area contributed by atoms with E-state index in [0.717, 1.165) is 18.5 Å². The van der Waals surface area contributed by atoms with E-state index in [1.165, 1.54) is 17.7 Å². The minimum atomic E-state index is -0.229. The molecule has 2 aromatic rings. The zero-order valence-electron chi connectivity index (χ0n) is 13.4. The van der Waals surface area contributed by atoms with Crippen molar-refractivity contribution in [2.24, 2.45) is 0 Å². The van der Waals surface area contributed by atoms with Crippen molar-refractivity contribution in [1.82, 2.24) is 10.2 Å². The minimum Gasteiger partial charge on any atom is -0.349 e. The summed E-state index contributed by atoms with van der Waals surface area (Å²) in [5, 5.41) is 3.05. The molecule has 1 amide bonds. The Kier molecular flexibility index (Phi) is 4.44. The van der Waals surface area contributed by atoms with Crippen LogP contribution in [0.1, 0.15) is 33.8 Å². The van der Waals surface area contributed by atoms with Crippen molar-refractivity contribution in [1.29, 1.82) is 0 Å². The standard InChI is InChI=1S/C19H21FN2O/c1-22(2)12-13-3-5-15(6-4-13)19(23)21-18-11-17(18)14-7-9-16(20)10-8-14/h3-10,17-18H,11-12H2,1-2H3,(H,21,23)/t17-,18-/m1/s1. The summed E-state index contributed by atoms with van der Waals surface area (Å²) in [4.78, 5) is 14.4. The van der Waals surface area contributed by atoms with Crippen molar-refractivity contribution in [2.75, 3.05) is 14.1 Å². The lowest BCUT2D eigenvalue weighted by atomic mass is 10.1. The Hall–Kier alpha value is -2.20. The Labute approximate surface area is 136 Å². The van der Waals surface area contributed by atoms with Gasteiger partial charge in [-0.1, -0.05) is 24.3 Å². The van der Waals surface area contributed by atoms with Crippen molar-refractivity contribution >= 4 is 5.91 Å². The van der Waals surface area contributed by atoms with E-state index in [9.17, 15) is 9.18 Å². The second kappa shape index (κ2) is 6.50. The topological polar surface area (TPSA) is 32.3 Å². The molecule has 1 aliphatic carbocycles. The molecule has 1 saturated carbocycles. The summed E-state index contributed by atoms with van der Waals surface area (Å²) in [7, 11) is 4.03. The van der Waals surface area contributed by atoms with E-state index in [1.807, 2.05) is 38.4 Å². The molecule has 2 aromatic carbocycles. The van der Waals surface area contributed by atoms with Gasteiger partial charge in [0.1, 0.15) is 5.82 Å². The Balaban J connectivity index is 1.57. The molecule has 3 nitrogen and oxygen atoms in total. The van der Waals surface area contributed by atoms with Crippen LogP contribution in [-0.4, -0.2) is 30.9 Å². The maximum Gasteiger partial charge on any atom is 0.251 e. The lowest BCUT2D eigenvalue weighted by Gasteiger charge is -2.10. The number of hydrogen-bond acceptors (Lipinski definition) is 2. The Bertz CT molecular complexity index is 680. The molecule has 0 spiro atoms. The second-order valence-electron chi connectivity index (χ2n) is 6.41. The average molecular weight is 312 g/mol. The third kappa shape index (κ3) is 3.96. The first-order valence-corrected chi connectivity index (χ1v) is 7.83. The molecular weight excluding hydrogens is 291 g/mol. The maximum atomic E-state index is 12.9. The van der Waals surface area contributed by atoms with Crippen molar-refractivity contribution in [3.63, 3.8) is 0 Å². The molecule has 1 fully saturated rings. The van der Waals surface area contributed by atoms with Crippen LogP contribution in [0, 0.1) is 5.82 Å². The summed E-state index contributed by atoms with van der Waals surface area (Å²) in [6, 6.07) is 14.4. The van der Waals surface area contributed by atoms with Gasteiger partial charge < -0.3 is 10.2 Å². The molecule has 23 heavy (non-hydrogen) atoms. The molecule has 1 aliphatic rings. The van der Waals surface area contributed by atoms with Crippen LogP contribution in [0.3, 0.4) is 0 Å². The molecule has 0 bridgehead atoms. The van der Waals surface area contributed by atoms with Crippen LogP contribution in [0.25, 0.3) is 0 Å². The number of amides is 1. The first-order chi connectivity index (χ1) is 11.0. The highest BCUT2D eigenvalue weighted by Crippen LogP contribution is 2.40. The van der Waals surface area contributed by atoms with E-state index < -0.39 is 0 Å². The van der Waals surface area contributed by atoms with Gasteiger partial charge in [-0.05, 0) is 55.9 Å². The van der Waals surface area contributed by atoms with Gasteiger partial charge in [0, 0.05) is 24.1 Å². The molecule has 0 aromatic heterocycles. The van der Waals surface area contributed by atoms with Gasteiger partial charge in [0.05, 0.1) is 0 Å². The largest absolute Gasteiger partial charge is 0.349 e. The molecule has 2 atom stereocenters. The smallest absolute Gasteiger partial charge is 0.251 e. The van der Waals surface area contributed by atoms with Gasteiger partial charge in [-0.3, -0.25) is 4.79 Å². The molecule has 0 unspecified atom stereocenters. The zero-order chi connectivity index (χ0) is 16.4. The van der Waals surface area contributed by atoms with Gasteiger partial charge in [-0.15, -0.1) is 0 Å². The first-order valence-electron chi connectivity index (χ1n) is 7.83. The molecule has 120 valence electrons. The van der Waals surface area contributed by atoms with Gasteiger partial charge in [0.2, 0.25) is 0 Å². The fourth-order valence-corrected chi connectivity index (χ4v) is 2.81. The summed E-state index contributed by atoms with van der Waals surface area (Å²) in [6.45, 7) is 0.858. The van der Waals surface area contributed by atoms with Crippen molar-refractivity contribution in [3.8, 4) is 0 Å². The molecule has 3 rings (SSSR count). The predicted octanol–water partition coefficient (Wildman–Crippen LogP) is 3.17. The fraction of sp³-hybridized carbons (Fsp3) is 0.316. The van der Waals surface area contributed by atoms with Crippen LogP contribution >= 0.6 is 0 Å². The molecule has 1 N–H and O–H groups in total. The lowest BCUT2D eigenvalue weighted by molar-refractivity contribution is 0.0950. The van der Waals surface area contributed by atoms with E-state index in [1.54, 1.807) is 12.1 Å². The van der Waals surface area contributed by atoms with Crippen LogP contribution in [0.2, 0.25) is 0 Å². The highest BCUT2D eigenvalue weighted by molar-refractivity contribution is 5.94. The Morgan fingerprint density at radius 1 is 1.13 bits per heavy atom. The second-order valence-corrected chi connectivity index (χ2v) is 6.41. The van der Waals surface area contributed by atoms with Crippen molar-refractivity contribution in [2.45, 2.75) is 24.9 Å². The summed E-state index contributed by atoms with van der Waals surface area (Å²) < 4.78 is 12.9. The van der Waals surface area contributed by atoms with Crippen LogP contribution < -0.4 is 5.32 Å². The van der Waals surface area contributed by atoms with E-state index in [4.69, 9.17) is 0 Å². The number of halogens is 1. The van der Waals surface area contributed by atoms with E-state index >= 15 is 0 Å². The number of benzene rings is 2. The van der Waals surface area contributed by atoms with Gasteiger partial charge in [-0.2, -0.15) is 0 Å². The first kappa shape index (κ1) is 15.7. The highest BCUT2D eigenvalue weighted by atomic mass is 19.1. The molecular formula is C19H21FN2O. The molecule has 4 heteroatoms. The van der Waals surface area contributed by atoms with Gasteiger partial charge in [0.25, 0.3) is 5.91 Å². The number of nitrogens with zero attached hydrogens (tertiary/aromatic N) is 1. The van der Waals surface area contributed by atoms with E-state index in [-0.39, 0.29) is 17.8 Å². The van der Waals surface area contributed by atoms with E-state index in [2.05, 4.69) is 10.2 Å². The summed E-state index contributed by atoms with van der Waals surface area (Å²) in [6.07, 6.45) is 0.913. The fourth-order valence-electron chi connectivity index (χ4n) is 2.81. The monoisotopic (exact) mass is 312 g/mol. The number of rotatable bonds is 5. The third-order valence-electron chi connectivity index (χ3n) is 4.12. The van der Waals surface area contributed by atoms with Crippen LogP contribution in [-0.2, 0) is 6.54 Å². The summed E-state index contributed by atoms with van der Waals surface area (Å²) in [5.74, 6) is 0.0244. The van der Waals surface area contributed by atoms with Gasteiger partial charge in [0.15, 0.2) is 0 Å². The summed E-state index contributed by atoms with van der Waals surface area (Å²) in [5.41, 5.74) is 2.94. The molecule has 0 aliphatic heterocycles. The molecule has 0 radical (unpaired) electrons. The van der Waals surface area contributed by atoms with Crippen molar-refractivity contribution < 1.29 is 9.18 Å². The highest BCUT2D eigenvalue weighted by Gasteiger charge is 2.39. The number of hydrogen-bond donors (Lipinski definition) is 1. The van der Waals surface area contributed by atoms with Crippen molar-refractivity contribution in [3.05, 3.63) is 71.0 Å². The summed E-state index contributed by atoms with van der Waals surface area (Å²) >= 11 is 0. The van der Waals surface area contributed by atoms with Gasteiger partial charge >= 0.3 is 0 Å². The number of carbonyl (C=O) groups excluding carboxylic acids is 1. The van der Waals surface area contributed by atoms with Gasteiger partial charge in [-0.25, -0.2) is 4.39 Å². The number of nitrogens with one attached hydrogen (secondary N) is 1. The normalized spacial score (nSPS) is 19.7. The maximum absolute atomic E-state index is 12.9.